The number of hydrogen-bond donors (Lipinski definition) is 2. The summed E-state index contributed by atoms with van der Waals surface area (Å²) in [4.78, 5) is 36.1. The Morgan fingerprint density at radius 1 is 1.08 bits per heavy atom. The zero-order valence-electron chi connectivity index (χ0n) is 12.5. The first-order chi connectivity index (χ1) is 11.2. The fourth-order valence-corrected chi connectivity index (χ4v) is 3.46. The Morgan fingerprint density at radius 2 is 1.54 bits per heavy atom. The summed E-state index contributed by atoms with van der Waals surface area (Å²) in [5.74, 6) is -6.19. The molecule has 1 saturated heterocycles. The second-order valence-corrected chi connectivity index (χ2v) is 6.08. The Labute approximate surface area is 134 Å². The van der Waals surface area contributed by atoms with E-state index >= 15 is 0 Å². The zero-order valence-corrected chi connectivity index (χ0v) is 12.5. The Morgan fingerprint density at radius 3 is 1.92 bits per heavy atom. The number of ether oxygens (including phenoxy) is 1. The van der Waals surface area contributed by atoms with Gasteiger partial charge in [-0.1, -0.05) is 0 Å². The van der Waals surface area contributed by atoms with E-state index in [1.54, 1.807) is 0 Å². The van der Waals surface area contributed by atoms with Crippen molar-refractivity contribution in [3.8, 4) is 5.75 Å². The van der Waals surface area contributed by atoms with Crippen LogP contribution in [-0.2, 0) is 9.59 Å². The van der Waals surface area contributed by atoms with Gasteiger partial charge in [-0.3, -0.25) is 14.4 Å². The number of hydrogen-bond acceptors (Lipinski definition) is 4. The maximum absolute atomic E-state index is 14.0. The third-order valence-corrected chi connectivity index (χ3v) is 4.89. The van der Waals surface area contributed by atoms with Crippen molar-refractivity contribution in [3.63, 3.8) is 0 Å². The summed E-state index contributed by atoms with van der Waals surface area (Å²) in [6.07, 6.45) is -0.109. The first-order valence-corrected chi connectivity index (χ1v) is 6.97. The van der Waals surface area contributed by atoms with Crippen LogP contribution in [0.3, 0.4) is 0 Å². The van der Waals surface area contributed by atoms with E-state index in [4.69, 9.17) is 4.74 Å². The number of methoxy groups -OCH3 is 1. The molecule has 2 aliphatic rings. The number of carboxylic acids is 2. The number of rotatable bonds is 4. The first kappa shape index (κ1) is 16.2. The van der Waals surface area contributed by atoms with Crippen molar-refractivity contribution in [3.05, 3.63) is 29.3 Å². The fourth-order valence-electron chi connectivity index (χ4n) is 3.46. The molecule has 1 aliphatic heterocycles. The Balaban J connectivity index is 1.94. The molecule has 2 N–H and O–H groups in total. The normalized spacial score (nSPS) is 27.5. The predicted molar refractivity (Wildman–Crippen MR) is 73.6 cm³/mol. The molecule has 24 heavy (non-hydrogen) atoms. The van der Waals surface area contributed by atoms with Gasteiger partial charge in [0.05, 0.1) is 7.11 Å². The van der Waals surface area contributed by atoms with Crippen LogP contribution in [0.15, 0.2) is 12.1 Å². The molecule has 0 unspecified atom stereocenters. The van der Waals surface area contributed by atoms with E-state index in [2.05, 4.69) is 0 Å². The van der Waals surface area contributed by atoms with Crippen LogP contribution in [0.4, 0.5) is 8.78 Å². The molecule has 1 heterocycles. The van der Waals surface area contributed by atoms with E-state index in [-0.39, 0.29) is 12.2 Å². The van der Waals surface area contributed by atoms with Crippen molar-refractivity contribution in [2.24, 2.45) is 10.8 Å². The minimum atomic E-state index is -1.60. The topological polar surface area (TPSA) is 104 Å². The predicted octanol–water partition coefficient (Wildman–Crippen LogP) is 0.975. The number of carbonyl (C=O) groups is 3. The van der Waals surface area contributed by atoms with E-state index < -0.39 is 59.0 Å². The second kappa shape index (κ2) is 4.89. The van der Waals surface area contributed by atoms with Crippen LogP contribution in [-0.4, -0.2) is 53.2 Å². The summed E-state index contributed by atoms with van der Waals surface area (Å²) in [5, 5.41) is 18.6. The van der Waals surface area contributed by atoms with Crippen molar-refractivity contribution >= 4 is 17.8 Å². The second-order valence-electron chi connectivity index (χ2n) is 6.08. The molecule has 1 aromatic rings. The van der Waals surface area contributed by atoms with E-state index in [0.717, 1.165) is 17.0 Å². The smallest absolute Gasteiger partial charge is 0.312 e. The molecule has 0 bridgehead atoms. The van der Waals surface area contributed by atoms with Crippen LogP contribution in [0.5, 0.6) is 5.75 Å². The van der Waals surface area contributed by atoms with Crippen LogP contribution in [0, 0.1) is 22.5 Å². The quantitative estimate of drug-likeness (QED) is 0.846. The molecule has 0 aromatic heterocycles. The van der Waals surface area contributed by atoms with Crippen LogP contribution >= 0.6 is 0 Å². The molecule has 2 fully saturated rings. The summed E-state index contributed by atoms with van der Waals surface area (Å²) >= 11 is 0. The summed E-state index contributed by atoms with van der Waals surface area (Å²) in [7, 11) is 1.21. The Hall–Kier alpha value is -2.71. The van der Waals surface area contributed by atoms with Crippen LogP contribution in [0.25, 0.3) is 0 Å². The van der Waals surface area contributed by atoms with Gasteiger partial charge < -0.3 is 19.8 Å². The lowest BCUT2D eigenvalue weighted by Crippen LogP contribution is -2.35. The van der Waals surface area contributed by atoms with Gasteiger partial charge in [0.2, 0.25) is 0 Å². The molecule has 1 aliphatic carbocycles. The SMILES string of the molecule is COc1cc(F)c(C(=O)N2C[C@@]3(C(=O)O)C[C@@]3(C(=O)O)C2)c(F)c1. The van der Waals surface area contributed by atoms with E-state index in [0.29, 0.717) is 0 Å². The lowest BCUT2D eigenvalue weighted by molar-refractivity contribution is -0.151. The summed E-state index contributed by atoms with van der Waals surface area (Å²) < 4.78 is 32.7. The number of carboxylic acid groups (broad SMARTS) is 2. The molecule has 3 rings (SSSR count). The monoisotopic (exact) mass is 341 g/mol. The van der Waals surface area contributed by atoms with Gasteiger partial charge in [-0.05, 0) is 6.42 Å². The van der Waals surface area contributed by atoms with Gasteiger partial charge in [-0.2, -0.15) is 0 Å². The van der Waals surface area contributed by atoms with Gasteiger partial charge in [0.1, 0.15) is 33.8 Å². The maximum Gasteiger partial charge on any atom is 0.312 e. The lowest BCUT2D eigenvalue weighted by atomic mass is 9.97. The molecule has 1 amide bonds. The minimum absolute atomic E-state index is 0.109. The third-order valence-electron chi connectivity index (χ3n) is 4.89. The van der Waals surface area contributed by atoms with Gasteiger partial charge >= 0.3 is 11.9 Å². The molecule has 1 aromatic carbocycles. The fraction of sp³-hybridized carbons (Fsp3) is 0.400. The number of likely N-dealkylation sites (tertiary alicyclic amines) is 1. The standard InChI is InChI=1S/C15H13F2NO6/c1-24-7-2-8(16)10(9(17)3-7)11(19)18-5-14(12(20)21)4-15(14,6-18)13(22)23/h2-3H,4-6H2,1H3,(H,20,21)(H,22,23)/t14-,15+. The number of fused-ring (bicyclic) bond motifs is 1. The van der Waals surface area contributed by atoms with Crippen LogP contribution < -0.4 is 4.74 Å². The number of amides is 1. The third kappa shape index (κ3) is 1.90. The Kier molecular flexibility index (Phi) is 3.29. The van der Waals surface area contributed by atoms with Crippen LogP contribution in [0.2, 0.25) is 0 Å². The highest BCUT2D eigenvalue weighted by Crippen LogP contribution is 2.68. The number of benzene rings is 1. The molecule has 0 spiro atoms. The highest BCUT2D eigenvalue weighted by atomic mass is 19.1. The van der Waals surface area contributed by atoms with E-state index in [1.165, 1.54) is 7.11 Å². The van der Waals surface area contributed by atoms with Gasteiger partial charge in [-0.15, -0.1) is 0 Å². The highest BCUT2D eigenvalue weighted by Gasteiger charge is 2.81. The number of halogens is 2. The van der Waals surface area contributed by atoms with Crippen molar-refractivity contribution in [2.75, 3.05) is 20.2 Å². The highest BCUT2D eigenvalue weighted by molar-refractivity contribution is 6.00. The minimum Gasteiger partial charge on any atom is -0.497 e. The van der Waals surface area contributed by atoms with E-state index in [9.17, 15) is 33.4 Å². The van der Waals surface area contributed by atoms with Gasteiger partial charge in [0.25, 0.3) is 5.91 Å². The van der Waals surface area contributed by atoms with Crippen molar-refractivity contribution in [1.82, 2.24) is 4.90 Å². The number of piperidine rings is 1. The average molecular weight is 341 g/mol. The van der Waals surface area contributed by atoms with Crippen molar-refractivity contribution < 1.29 is 38.1 Å². The molecule has 0 radical (unpaired) electrons. The molecule has 9 heteroatoms. The zero-order chi connectivity index (χ0) is 17.9. The average Bonchev–Trinajstić information content (AvgIpc) is 3.05. The summed E-state index contributed by atoms with van der Waals surface area (Å²) in [6, 6.07) is 1.65. The molecule has 2 atom stereocenters. The van der Waals surface area contributed by atoms with Crippen LogP contribution in [0.1, 0.15) is 16.8 Å². The molecule has 1 saturated carbocycles. The molecule has 7 nitrogen and oxygen atoms in total. The van der Waals surface area contributed by atoms with E-state index in [1.807, 2.05) is 0 Å². The number of nitrogens with zero attached hydrogens (tertiary/aromatic N) is 1. The van der Waals surface area contributed by atoms with Gasteiger partial charge in [-0.25, -0.2) is 8.78 Å². The molecule has 128 valence electrons. The lowest BCUT2D eigenvalue weighted by Gasteiger charge is -2.20. The molecular weight excluding hydrogens is 328 g/mol. The van der Waals surface area contributed by atoms with Gasteiger partial charge in [0, 0.05) is 25.2 Å². The summed E-state index contributed by atoms with van der Waals surface area (Å²) in [6.45, 7) is -0.809. The maximum atomic E-state index is 14.0. The van der Waals surface area contributed by atoms with Crippen molar-refractivity contribution in [2.45, 2.75) is 6.42 Å². The number of aliphatic carboxylic acids is 2. The largest absolute Gasteiger partial charge is 0.497 e. The van der Waals surface area contributed by atoms with Gasteiger partial charge in [0.15, 0.2) is 0 Å². The first-order valence-electron chi connectivity index (χ1n) is 6.97. The summed E-state index contributed by atoms with van der Waals surface area (Å²) in [5.41, 5.74) is -4.07. The van der Waals surface area contributed by atoms with Crippen molar-refractivity contribution in [1.29, 1.82) is 0 Å². The Bertz CT molecular complexity index is 730. The molecular formula is C15H13F2NO6. The number of carbonyl (C=O) groups excluding carboxylic acids is 1.